The number of nitrogens with one attached hydrogen (secondary N) is 1. The molecule has 2 saturated heterocycles. The number of piperidine rings is 1. The molecule has 3 heterocycles. The molecule has 1 atom stereocenters. The number of aromatic amines is 1. The minimum atomic E-state index is 0.138. The van der Waals surface area contributed by atoms with E-state index in [9.17, 15) is 4.79 Å². The Kier molecular flexibility index (Phi) is 3.66. The van der Waals surface area contributed by atoms with Crippen LogP contribution in [0.2, 0.25) is 0 Å². The van der Waals surface area contributed by atoms with Crippen molar-refractivity contribution in [1.29, 1.82) is 0 Å². The van der Waals surface area contributed by atoms with Crippen molar-refractivity contribution in [2.75, 3.05) is 26.2 Å². The van der Waals surface area contributed by atoms with E-state index in [4.69, 9.17) is 0 Å². The van der Waals surface area contributed by atoms with E-state index >= 15 is 0 Å². The lowest BCUT2D eigenvalue weighted by atomic mass is 9.86. The fraction of sp³-hybridized carbons (Fsp3) is 0.562. The van der Waals surface area contributed by atoms with Crippen LogP contribution < -0.4 is 0 Å². The Morgan fingerprint density at radius 2 is 2.20 bits per heavy atom. The van der Waals surface area contributed by atoms with E-state index in [1.807, 2.05) is 29.3 Å². The summed E-state index contributed by atoms with van der Waals surface area (Å²) in [5.41, 5.74) is 0.893. The van der Waals surface area contributed by atoms with Gasteiger partial charge < -0.3 is 9.88 Å². The second-order valence-electron chi connectivity index (χ2n) is 5.98. The fourth-order valence-electron chi connectivity index (χ4n) is 3.82. The molecule has 2 aliphatic rings. The first-order chi connectivity index (χ1) is 9.75. The summed E-state index contributed by atoms with van der Waals surface area (Å²) in [6.07, 6.45) is 8.54. The maximum atomic E-state index is 12.5. The maximum Gasteiger partial charge on any atom is 0.270 e. The van der Waals surface area contributed by atoms with Crippen molar-refractivity contribution >= 4 is 5.91 Å². The molecule has 0 bridgehead atoms. The van der Waals surface area contributed by atoms with Crippen LogP contribution >= 0.6 is 0 Å². The van der Waals surface area contributed by atoms with Crippen molar-refractivity contribution in [2.45, 2.75) is 31.2 Å². The van der Waals surface area contributed by atoms with E-state index in [2.05, 4.69) is 16.5 Å². The Bertz CT molecular complexity index is 482. The molecular weight excluding hydrogens is 250 g/mol. The highest BCUT2D eigenvalue weighted by Crippen LogP contribution is 2.37. The Labute approximate surface area is 120 Å². The van der Waals surface area contributed by atoms with Crippen LogP contribution in [0, 0.1) is 0 Å². The summed E-state index contributed by atoms with van der Waals surface area (Å²) >= 11 is 0. The molecule has 108 valence electrons. The standard InChI is InChI=1S/C16H23N3O/c1-2-10-19-12-5-8-16(19)7-4-11-18(13-16)15(20)14-6-3-9-17-14/h2-3,6,9,17H,1,4-5,7-8,10-13H2/t16-/m0/s1. The Morgan fingerprint density at radius 3 is 2.90 bits per heavy atom. The molecule has 1 aromatic heterocycles. The predicted octanol–water partition coefficient (Wildman–Crippen LogP) is 2.27. The van der Waals surface area contributed by atoms with Crippen molar-refractivity contribution in [3.8, 4) is 0 Å². The van der Waals surface area contributed by atoms with Gasteiger partial charge in [0.15, 0.2) is 0 Å². The summed E-state index contributed by atoms with van der Waals surface area (Å²) in [4.78, 5) is 20.1. The summed E-state index contributed by atoms with van der Waals surface area (Å²) in [5.74, 6) is 0.138. The molecular formula is C16H23N3O. The van der Waals surface area contributed by atoms with Gasteiger partial charge in [-0.1, -0.05) is 6.08 Å². The van der Waals surface area contributed by atoms with Crippen LogP contribution in [-0.2, 0) is 0 Å². The number of rotatable bonds is 3. The van der Waals surface area contributed by atoms with Crippen LogP contribution in [0.5, 0.6) is 0 Å². The summed E-state index contributed by atoms with van der Waals surface area (Å²) in [6.45, 7) is 7.68. The number of amides is 1. The van der Waals surface area contributed by atoms with Gasteiger partial charge in [0.05, 0.1) is 0 Å². The van der Waals surface area contributed by atoms with Gasteiger partial charge in [-0.2, -0.15) is 0 Å². The molecule has 1 aromatic rings. The SMILES string of the molecule is C=CCN1CCC[C@]12CCCN(C(=O)c1ccc[nH]1)C2. The summed E-state index contributed by atoms with van der Waals surface area (Å²) < 4.78 is 0. The van der Waals surface area contributed by atoms with Gasteiger partial charge in [0.1, 0.15) is 5.69 Å². The number of hydrogen-bond donors (Lipinski definition) is 1. The summed E-state index contributed by atoms with van der Waals surface area (Å²) in [5, 5.41) is 0. The van der Waals surface area contributed by atoms with Crippen LogP contribution in [-0.4, -0.2) is 52.4 Å². The number of carbonyl (C=O) groups is 1. The van der Waals surface area contributed by atoms with Crippen molar-refractivity contribution in [3.63, 3.8) is 0 Å². The molecule has 20 heavy (non-hydrogen) atoms. The van der Waals surface area contributed by atoms with E-state index in [0.717, 1.165) is 32.6 Å². The Hall–Kier alpha value is -1.55. The first-order valence-electron chi connectivity index (χ1n) is 7.54. The largest absolute Gasteiger partial charge is 0.357 e. The minimum Gasteiger partial charge on any atom is -0.357 e. The summed E-state index contributed by atoms with van der Waals surface area (Å²) in [7, 11) is 0. The van der Waals surface area contributed by atoms with Gasteiger partial charge in [0.25, 0.3) is 5.91 Å². The van der Waals surface area contributed by atoms with Gasteiger partial charge in [-0.3, -0.25) is 9.69 Å². The van der Waals surface area contributed by atoms with Crippen molar-refractivity contribution < 1.29 is 4.79 Å². The maximum absolute atomic E-state index is 12.5. The van der Waals surface area contributed by atoms with Crippen LogP contribution in [0.15, 0.2) is 31.0 Å². The predicted molar refractivity (Wildman–Crippen MR) is 79.7 cm³/mol. The highest BCUT2D eigenvalue weighted by Gasteiger charge is 2.44. The quantitative estimate of drug-likeness (QED) is 0.858. The van der Waals surface area contributed by atoms with Crippen LogP contribution in [0.3, 0.4) is 0 Å². The average molecular weight is 273 g/mol. The minimum absolute atomic E-state index is 0.138. The van der Waals surface area contributed by atoms with Crippen LogP contribution in [0.4, 0.5) is 0 Å². The monoisotopic (exact) mass is 273 g/mol. The third-order valence-corrected chi connectivity index (χ3v) is 4.76. The second-order valence-corrected chi connectivity index (χ2v) is 5.98. The smallest absolute Gasteiger partial charge is 0.270 e. The topological polar surface area (TPSA) is 39.3 Å². The molecule has 4 heteroatoms. The zero-order valence-corrected chi connectivity index (χ0v) is 12.0. The molecule has 2 fully saturated rings. The lowest BCUT2D eigenvalue weighted by molar-refractivity contribution is 0.0363. The number of likely N-dealkylation sites (tertiary alicyclic amines) is 2. The number of hydrogen-bond acceptors (Lipinski definition) is 2. The van der Waals surface area contributed by atoms with Crippen LogP contribution in [0.1, 0.15) is 36.2 Å². The highest BCUT2D eigenvalue weighted by molar-refractivity contribution is 5.92. The Morgan fingerprint density at radius 1 is 1.40 bits per heavy atom. The molecule has 1 spiro atoms. The van der Waals surface area contributed by atoms with Crippen molar-refractivity contribution in [2.24, 2.45) is 0 Å². The van der Waals surface area contributed by atoms with Crippen molar-refractivity contribution in [1.82, 2.24) is 14.8 Å². The summed E-state index contributed by atoms with van der Waals surface area (Å²) in [6, 6.07) is 3.74. The van der Waals surface area contributed by atoms with Gasteiger partial charge in [-0.15, -0.1) is 6.58 Å². The molecule has 0 unspecified atom stereocenters. The van der Waals surface area contributed by atoms with E-state index in [1.165, 1.54) is 19.3 Å². The molecule has 0 aromatic carbocycles. The lowest BCUT2D eigenvalue weighted by Crippen LogP contribution is -2.56. The zero-order valence-electron chi connectivity index (χ0n) is 12.0. The molecule has 1 N–H and O–H groups in total. The second kappa shape index (κ2) is 5.44. The molecule has 0 radical (unpaired) electrons. The third-order valence-electron chi connectivity index (χ3n) is 4.76. The van der Waals surface area contributed by atoms with Gasteiger partial charge in [0.2, 0.25) is 0 Å². The normalized spacial score (nSPS) is 27.1. The van der Waals surface area contributed by atoms with Gasteiger partial charge >= 0.3 is 0 Å². The lowest BCUT2D eigenvalue weighted by Gasteiger charge is -2.45. The molecule has 1 amide bonds. The van der Waals surface area contributed by atoms with Gasteiger partial charge in [-0.05, 0) is 44.4 Å². The fourth-order valence-corrected chi connectivity index (χ4v) is 3.82. The number of carbonyl (C=O) groups excluding carboxylic acids is 1. The molecule has 4 nitrogen and oxygen atoms in total. The zero-order chi connectivity index (χ0) is 14.0. The first kappa shape index (κ1) is 13.4. The Balaban J connectivity index is 1.76. The number of nitrogens with zero attached hydrogens (tertiary/aromatic N) is 2. The molecule has 0 aliphatic carbocycles. The average Bonchev–Trinajstić information content (AvgIpc) is 3.10. The van der Waals surface area contributed by atoms with Gasteiger partial charge in [-0.25, -0.2) is 0 Å². The van der Waals surface area contributed by atoms with Crippen LogP contribution in [0.25, 0.3) is 0 Å². The molecule has 3 rings (SSSR count). The third kappa shape index (κ3) is 2.29. The van der Waals surface area contributed by atoms with Gasteiger partial charge in [0, 0.05) is 31.4 Å². The van der Waals surface area contributed by atoms with Crippen molar-refractivity contribution in [3.05, 3.63) is 36.7 Å². The van der Waals surface area contributed by atoms with E-state index in [0.29, 0.717) is 5.69 Å². The number of H-pyrrole nitrogens is 1. The molecule has 0 saturated carbocycles. The highest BCUT2D eigenvalue weighted by atomic mass is 16.2. The van der Waals surface area contributed by atoms with E-state index < -0.39 is 0 Å². The number of aromatic nitrogens is 1. The van der Waals surface area contributed by atoms with E-state index in [1.54, 1.807) is 0 Å². The molecule has 2 aliphatic heterocycles. The van der Waals surface area contributed by atoms with E-state index in [-0.39, 0.29) is 11.4 Å². The first-order valence-corrected chi connectivity index (χ1v) is 7.54.